The van der Waals surface area contributed by atoms with E-state index in [1.165, 1.54) is 23.1 Å². The van der Waals surface area contributed by atoms with E-state index in [4.69, 9.17) is 0 Å². The Kier molecular flexibility index (Phi) is 4.12. The molecule has 1 aliphatic rings. The molecule has 104 valence electrons. The third-order valence-electron chi connectivity index (χ3n) is 3.36. The Balaban J connectivity index is 2.28. The summed E-state index contributed by atoms with van der Waals surface area (Å²) in [5.74, 6) is -0.505. The fraction of sp³-hybridized carbons (Fsp3) is 0.500. The van der Waals surface area contributed by atoms with Crippen molar-refractivity contribution in [1.82, 2.24) is 4.90 Å². The molecule has 1 saturated heterocycles. The van der Waals surface area contributed by atoms with Crippen molar-refractivity contribution in [2.75, 3.05) is 13.1 Å². The number of amides is 1. The zero-order valence-electron chi connectivity index (χ0n) is 10.5. The summed E-state index contributed by atoms with van der Waals surface area (Å²) in [6.07, 6.45) is -0.701. The summed E-state index contributed by atoms with van der Waals surface area (Å²) in [5, 5.41) is 0. The van der Waals surface area contributed by atoms with Gasteiger partial charge in [-0.15, -0.1) is 0 Å². The predicted molar refractivity (Wildman–Crippen MR) is 65.8 cm³/mol. The molecular weight excluding hydrogens is 255 g/mol. The van der Waals surface area contributed by atoms with E-state index >= 15 is 0 Å². The van der Waals surface area contributed by atoms with E-state index in [9.17, 15) is 18.0 Å². The van der Waals surface area contributed by atoms with Crippen molar-refractivity contribution in [3.63, 3.8) is 0 Å². The van der Waals surface area contributed by atoms with Gasteiger partial charge >= 0.3 is 6.18 Å². The van der Waals surface area contributed by atoms with E-state index in [-0.39, 0.29) is 5.56 Å². The van der Waals surface area contributed by atoms with Crippen LogP contribution in [0.1, 0.15) is 41.6 Å². The van der Waals surface area contributed by atoms with Crippen LogP contribution in [-0.4, -0.2) is 23.9 Å². The average molecular weight is 271 g/mol. The summed E-state index contributed by atoms with van der Waals surface area (Å²) < 4.78 is 38.7. The van der Waals surface area contributed by atoms with Crippen molar-refractivity contribution in [3.8, 4) is 0 Å². The van der Waals surface area contributed by atoms with Crippen molar-refractivity contribution in [2.45, 2.75) is 31.9 Å². The van der Waals surface area contributed by atoms with Gasteiger partial charge in [-0.3, -0.25) is 4.79 Å². The number of alkyl halides is 3. The number of carbonyl (C=O) groups is 1. The van der Waals surface area contributed by atoms with Crippen LogP contribution in [0.25, 0.3) is 0 Å². The first-order valence-corrected chi connectivity index (χ1v) is 6.45. The highest BCUT2D eigenvalue weighted by Gasteiger charge is 2.35. The van der Waals surface area contributed by atoms with Crippen LogP contribution < -0.4 is 0 Å². The molecule has 0 saturated carbocycles. The molecule has 1 aromatic carbocycles. The van der Waals surface area contributed by atoms with Gasteiger partial charge in [0.15, 0.2) is 0 Å². The first-order valence-electron chi connectivity index (χ1n) is 6.45. The highest BCUT2D eigenvalue weighted by molar-refractivity contribution is 5.95. The van der Waals surface area contributed by atoms with Crippen LogP contribution in [0.5, 0.6) is 0 Å². The zero-order valence-corrected chi connectivity index (χ0v) is 10.5. The molecule has 0 spiro atoms. The standard InChI is InChI=1S/C14H16F3NO/c15-14(16,17)12-8-4-3-7-11(12)13(19)18-9-5-1-2-6-10-18/h3-4,7-8H,1-2,5-6,9-10H2. The van der Waals surface area contributed by atoms with Gasteiger partial charge in [0, 0.05) is 13.1 Å². The molecular formula is C14H16F3NO. The summed E-state index contributed by atoms with van der Waals surface area (Å²) in [6.45, 7) is 1.09. The highest BCUT2D eigenvalue weighted by Crippen LogP contribution is 2.32. The molecule has 0 unspecified atom stereocenters. The second-order valence-electron chi connectivity index (χ2n) is 4.75. The van der Waals surface area contributed by atoms with Crippen molar-refractivity contribution in [2.24, 2.45) is 0 Å². The van der Waals surface area contributed by atoms with Crippen LogP contribution >= 0.6 is 0 Å². The normalized spacial score (nSPS) is 17.1. The minimum Gasteiger partial charge on any atom is -0.339 e. The van der Waals surface area contributed by atoms with Gasteiger partial charge < -0.3 is 4.90 Å². The van der Waals surface area contributed by atoms with Gasteiger partial charge in [0.2, 0.25) is 0 Å². The van der Waals surface area contributed by atoms with E-state index in [0.29, 0.717) is 13.1 Å². The number of likely N-dealkylation sites (tertiary alicyclic amines) is 1. The lowest BCUT2D eigenvalue weighted by atomic mass is 10.1. The predicted octanol–water partition coefficient (Wildman–Crippen LogP) is 3.72. The van der Waals surface area contributed by atoms with Gasteiger partial charge in [-0.2, -0.15) is 13.2 Å². The van der Waals surface area contributed by atoms with Gasteiger partial charge in [0.1, 0.15) is 0 Å². The molecule has 1 amide bonds. The number of benzene rings is 1. The molecule has 2 rings (SSSR count). The fourth-order valence-corrected chi connectivity index (χ4v) is 2.36. The van der Waals surface area contributed by atoms with Crippen LogP contribution in [0.15, 0.2) is 24.3 Å². The number of rotatable bonds is 1. The molecule has 0 atom stereocenters. The van der Waals surface area contributed by atoms with Gasteiger partial charge in [-0.1, -0.05) is 25.0 Å². The van der Waals surface area contributed by atoms with E-state index in [1.54, 1.807) is 0 Å². The molecule has 0 aliphatic carbocycles. The molecule has 1 aliphatic heterocycles. The van der Waals surface area contributed by atoms with Crippen molar-refractivity contribution < 1.29 is 18.0 Å². The maximum atomic E-state index is 12.9. The second kappa shape index (κ2) is 5.63. The second-order valence-corrected chi connectivity index (χ2v) is 4.75. The number of hydrogen-bond donors (Lipinski definition) is 0. The quantitative estimate of drug-likeness (QED) is 0.762. The third kappa shape index (κ3) is 3.28. The minimum atomic E-state index is -4.49. The SMILES string of the molecule is O=C(c1ccccc1C(F)(F)F)N1CCCCCC1. The molecule has 1 heterocycles. The monoisotopic (exact) mass is 271 g/mol. The fourth-order valence-electron chi connectivity index (χ4n) is 2.36. The first kappa shape index (κ1) is 13.9. The lowest BCUT2D eigenvalue weighted by Crippen LogP contribution is -2.33. The Bertz CT molecular complexity index is 448. The summed E-state index contributed by atoms with van der Waals surface area (Å²) in [7, 11) is 0. The Labute approximate surface area is 110 Å². The van der Waals surface area contributed by atoms with E-state index in [0.717, 1.165) is 31.7 Å². The van der Waals surface area contributed by atoms with Crippen molar-refractivity contribution in [3.05, 3.63) is 35.4 Å². The topological polar surface area (TPSA) is 20.3 Å². The average Bonchev–Trinajstić information content (AvgIpc) is 2.66. The molecule has 5 heteroatoms. The lowest BCUT2D eigenvalue weighted by molar-refractivity contribution is -0.138. The minimum absolute atomic E-state index is 0.239. The van der Waals surface area contributed by atoms with Crippen LogP contribution in [0.3, 0.4) is 0 Å². The summed E-state index contributed by atoms with van der Waals surface area (Å²) >= 11 is 0. The van der Waals surface area contributed by atoms with E-state index in [2.05, 4.69) is 0 Å². The Morgan fingerprint density at radius 2 is 1.58 bits per heavy atom. The number of nitrogens with zero attached hydrogens (tertiary/aromatic N) is 1. The maximum absolute atomic E-state index is 12.9. The molecule has 0 N–H and O–H groups in total. The van der Waals surface area contributed by atoms with Gasteiger partial charge in [0.05, 0.1) is 11.1 Å². The van der Waals surface area contributed by atoms with Crippen LogP contribution in [0.2, 0.25) is 0 Å². The Morgan fingerprint density at radius 1 is 1.00 bits per heavy atom. The van der Waals surface area contributed by atoms with Crippen LogP contribution in [0.4, 0.5) is 13.2 Å². The van der Waals surface area contributed by atoms with E-state index < -0.39 is 17.6 Å². The summed E-state index contributed by atoms with van der Waals surface area (Å²) in [4.78, 5) is 13.8. The van der Waals surface area contributed by atoms with E-state index in [1.807, 2.05) is 0 Å². The first-order chi connectivity index (χ1) is 9.00. The largest absolute Gasteiger partial charge is 0.417 e. The van der Waals surface area contributed by atoms with Gasteiger partial charge in [0.25, 0.3) is 5.91 Å². The summed E-state index contributed by atoms with van der Waals surface area (Å²) in [5.41, 5.74) is -1.08. The van der Waals surface area contributed by atoms with Crippen LogP contribution in [-0.2, 0) is 6.18 Å². The molecule has 0 radical (unpaired) electrons. The van der Waals surface area contributed by atoms with Gasteiger partial charge in [-0.05, 0) is 25.0 Å². The molecule has 1 fully saturated rings. The Hall–Kier alpha value is -1.52. The summed E-state index contributed by atoms with van der Waals surface area (Å²) in [6, 6.07) is 5.00. The van der Waals surface area contributed by atoms with Crippen molar-refractivity contribution >= 4 is 5.91 Å². The molecule has 19 heavy (non-hydrogen) atoms. The molecule has 0 aromatic heterocycles. The van der Waals surface area contributed by atoms with Crippen molar-refractivity contribution in [1.29, 1.82) is 0 Å². The third-order valence-corrected chi connectivity index (χ3v) is 3.36. The maximum Gasteiger partial charge on any atom is 0.417 e. The Morgan fingerprint density at radius 3 is 2.16 bits per heavy atom. The molecule has 0 bridgehead atoms. The van der Waals surface area contributed by atoms with Gasteiger partial charge in [-0.25, -0.2) is 0 Å². The number of halogens is 3. The zero-order chi connectivity index (χ0) is 13.9. The number of hydrogen-bond acceptors (Lipinski definition) is 1. The van der Waals surface area contributed by atoms with Crippen LogP contribution in [0, 0.1) is 0 Å². The lowest BCUT2D eigenvalue weighted by Gasteiger charge is -2.22. The smallest absolute Gasteiger partial charge is 0.339 e. The molecule has 1 aromatic rings. The highest BCUT2D eigenvalue weighted by atomic mass is 19.4. The number of carbonyl (C=O) groups excluding carboxylic acids is 1. The molecule has 2 nitrogen and oxygen atoms in total.